The minimum Gasteiger partial charge on any atom is -0.380 e. The van der Waals surface area contributed by atoms with Crippen molar-refractivity contribution in [2.24, 2.45) is 0 Å². The first-order valence-corrected chi connectivity index (χ1v) is 5.15. The fourth-order valence-electron chi connectivity index (χ4n) is 1.14. The quantitative estimate of drug-likeness (QED) is 0.574. The van der Waals surface area contributed by atoms with E-state index in [4.69, 9.17) is 4.74 Å². The smallest absolute Gasteiger partial charge is 0.0618 e. The van der Waals surface area contributed by atoms with Crippen LogP contribution < -0.4 is 5.32 Å². The molecule has 0 bridgehead atoms. The van der Waals surface area contributed by atoms with Gasteiger partial charge in [-0.3, -0.25) is 0 Å². The van der Waals surface area contributed by atoms with Crippen molar-refractivity contribution in [1.82, 2.24) is 10.2 Å². The molecule has 0 aromatic heterocycles. The molecule has 0 rings (SSSR count). The van der Waals surface area contributed by atoms with E-state index in [1.807, 2.05) is 14.0 Å². The largest absolute Gasteiger partial charge is 0.380 e. The second kappa shape index (κ2) is 8.48. The molecule has 0 aliphatic heterocycles. The Bertz CT molecular complexity index is 109. The zero-order valence-electron chi connectivity index (χ0n) is 9.47. The van der Waals surface area contributed by atoms with E-state index < -0.39 is 0 Å². The summed E-state index contributed by atoms with van der Waals surface area (Å²) in [5.74, 6) is 0. The third kappa shape index (κ3) is 6.99. The van der Waals surface area contributed by atoms with Gasteiger partial charge in [0.25, 0.3) is 0 Å². The molecule has 0 spiro atoms. The summed E-state index contributed by atoms with van der Waals surface area (Å²) in [4.78, 5) is 2.34. The van der Waals surface area contributed by atoms with E-state index in [2.05, 4.69) is 24.2 Å². The summed E-state index contributed by atoms with van der Waals surface area (Å²) < 4.78 is 5.37. The maximum atomic E-state index is 5.37. The predicted octanol–water partition coefficient (Wildman–Crippen LogP) is 0.953. The van der Waals surface area contributed by atoms with Crippen LogP contribution in [0.25, 0.3) is 0 Å². The SMILES string of the molecule is CCOCC(C)N(C)CCCNC. The van der Waals surface area contributed by atoms with E-state index in [-0.39, 0.29) is 0 Å². The summed E-state index contributed by atoms with van der Waals surface area (Å²) in [6, 6.07) is 0.525. The van der Waals surface area contributed by atoms with Crippen molar-refractivity contribution in [2.45, 2.75) is 26.3 Å². The Labute approximate surface area is 82.4 Å². The molecule has 13 heavy (non-hydrogen) atoms. The summed E-state index contributed by atoms with van der Waals surface area (Å²) in [6.45, 7) is 8.12. The van der Waals surface area contributed by atoms with E-state index in [0.29, 0.717) is 6.04 Å². The van der Waals surface area contributed by atoms with Gasteiger partial charge in [0.2, 0.25) is 0 Å². The van der Waals surface area contributed by atoms with E-state index in [1.165, 1.54) is 6.42 Å². The Kier molecular flexibility index (Phi) is 8.40. The van der Waals surface area contributed by atoms with Crippen molar-refractivity contribution in [2.75, 3.05) is 40.4 Å². The molecular weight excluding hydrogens is 164 g/mol. The number of likely N-dealkylation sites (N-methyl/N-ethyl adjacent to an activating group) is 1. The van der Waals surface area contributed by atoms with Gasteiger partial charge in [-0.15, -0.1) is 0 Å². The van der Waals surface area contributed by atoms with Crippen molar-refractivity contribution in [3.63, 3.8) is 0 Å². The van der Waals surface area contributed by atoms with Gasteiger partial charge < -0.3 is 15.0 Å². The molecule has 1 N–H and O–H groups in total. The van der Waals surface area contributed by atoms with Gasteiger partial charge in [-0.2, -0.15) is 0 Å². The summed E-state index contributed by atoms with van der Waals surface area (Å²) >= 11 is 0. The number of nitrogens with one attached hydrogen (secondary N) is 1. The van der Waals surface area contributed by atoms with Crippen LogP contribution in [0.4, 0.5) is 0 Å². The Morgan fingerprint density at radius 2 is 2.15 bits per heavy atom. The second-order valence-electron chi connectivity index (χ2n) is 3.45. The van der Waals surface area contributed by atoms with Crippen molar-refractivity contribution >= 4 is 0 Å². The molecule has 80 valence electrons. The molecular formula is C10H24N2O. The standard InChI is InChI=1S/C10H24N2O/c1-5-13-9-10(2)12(4)8-6-7-11-3/h10-11H,5-9H2,1-4H3. The number of hydrogen-bond donors (Lipinski definition) is 1. The summed E-state index contributed by atoms with van der Waals surface area (Å²) in [5.41, 5.74) is 0. The fourth-order valence-corrected chi connectivity index (χ4v) is 1.14. The van der Waals surface area contributed by atoms with Gasteiger partial charge in [-0.05, 0) is 47.5 Å². The van der Waals surface area contributed by atoms with Crippen LogP contribution in [0.1, 0.15) is 20.3 Å². The molecule has 3 nitrogen and oxygen atoms in total. The lowest BCUT2D eigenvalue weighted by Gasteiger charge is -2.24. The van der Waals surface area contributed by atoms with E-state index in [0.717, 1.165) is 26.3 Å². The average Bonchev–Trinajstić information content (AvgIpc) is 2.14. The third-order valence-electron chi connectivity index (χ3n) is 2.25. The van der Waals surface area contributed by atoms with Crippen LogP contribution in [0.15, 0.2) is 0 Å². The molecule has 1 unspecified atom stereocenters. The minimum atomic E-state index is 0.525. The van der Waals surface area contributed by atoms with Gasteiger partial charge in [-0.25, -0.2) is 0 Å². The molecule has 3 heteroatoms. The van der Waals surface area contributed by atoms with Gasteiger partial charge in [0, 0.05) is 12.6 Å². The highest BCUT2D eigenvalue weighted by Gasteiger charge is 2.07. The van der Waals surface area contributed by atoms with Crippen molar-refractivity contribution in [1.29, 1.82) is 0 Å². The zero-order chi connectivity index (χ0) is 10.1. The summed E-state index contributed by atoms with van der Waals surface area (Å²) in [7, 11) is 4.14. The van der Waals surface area contributed by atoms with Crippen LogP contribution in [0.3, 0.4) is 0 Å². The second-order valence-corrected chi connectivity index (χ2v) is 3.45. The van der Waals surface area contributed by atoms with E-state index in [1.54, 1.807) is 0 Å². The van der Waals surface area contributed by atoms with Crippen LogP contribution in [-0.2, 0) is 4.74 Å². The van der Waals surface area contributed by atoms with Crippen LogP contribution >= 0.6 is 0 Å². The number of nitrogens with zero attached hydrogens (tertiary/aromatic N) is 1. The molecule has 0 radical (unpaired) electrons. The monoisotopic (exact) mass is 188 g/mol. The zero-order valence-corrected chi connectivity index (χ0v) is 9.47. The van der Waals surface area contributed by atoms with Gasteiger partial charge in [0.05, 0.1) is 6.61 Å². The minimum absolute atomic E-state index is 0.525. The Morgan fingerprint density at radius 3 is 2.69 bits per heavy atom. The Morgan fingerprint density at radius 1 is 1.46 bits per heavy atom. The fraction of sp³-hybridized carbons (Fsp3) is 1.00. The predicted molar refractivity (Wildman–Crippen MR) is 57.1 cm³/mol. The molecule has 0 aliphatic carbocycles. The normalized spacial score (nSPS) is 13.6. The summed E-state index contributed by atoms with van der Waals surface area (Å²) in [6.07, 6.45) is 1.20. The Balaban J connectivity index is 3.38. The van der Waals surface area contributed by atoms with Crippen LogP contribution in [-0.4, -0.2) is 51.3 Å². The highest BCUT2D eigenvalue weighted by molar-refractivity contribution is 4.62. The molecule has 0 heterocycles. The maximum Gasteiger partial charge on any atom is 0.0618 e. The molecule has 0 saturated carbocycles. The number of rotatable bonds is 8. The van der Waals surface area contributed by atoms with E-state index >= 15 is 0 Å². The molecule has 0 saturated heterocycles. The lowest BCUT2D eigenvalue weighted by atomic mass is 10.3. The highest BCUT2D eigenvalue weighted by Crippen LogP contribution is 1.97. The van der Waals surface area contributed by atoms with Gasteiger partial charge in [-0.1, -0.05) is 0 Å². The molecule has 1 atom stereocenters. The summed E-state index contributed by atoms with van der Waals surface area (Å²) in [5, 5.41) is 3.15. The molecule has 0 aliphatic rings. The van der Waals surface area contributed by atoms with Gasteiger partial charge in [0.1, 0.15) is 0 Å². The lowest BCUT2D eigenvalue weighted by molar-refractivity contribution is 0.0848. The maximum absolute atomic E-state index is 5.37. The van der Waals surface area contributed by atoms with Crippen LogP contribution in [0.5, 0.6) is 0 Å². The number of hydrogen-bond acceptors (Lipinski definition) is 3. The molecule has 0 fully saturated rings. The first-order chi connectivity index (χ1) is 6.22. The van der Waals surface area contributed by atoms with Crippen molar-refractivity contribution in [3.8, 4) is 0 Å². The topological polar surface area (TPSA) is 24.5 Å². The third-order valence-corrected chi connectivity index (χ3v) is 2.25. The average molecular weight is 188 g/mol. The van der Waals surface area contributed by atoms with Gasteiger partial charge in [0.15, 0.2) is 0 Å². The molecule has 0 aromatic carbocycles. The Hall–Kier alpha value is -0.120. The first kappa shape index (κ1) is 12.9. The van der Waals surface area contributed by atoms with Crippen molar-refractivity contribution < 1.29 is 4.74 Å². The lowest BCUT2D eigenvalue weighted by Crippen LogP contribution is -2.34. The van der Waals surface area contributed by atoms with Crippen LogP contribution in [0.2, 0.25) is 0 Å². The first-order valence-electron chi connectivity index (χ1n) is 5.15. The van der Waals surface area contributed by atoms with Crippen LogP contribution in [0, 0.1) is 0 Å². The van der Waals surface area contributed by atoms with E-state index in [9.17, 15) is 0 Å². The van der Waals surface area contributed by atoms with Gasteiger partial charge >= 0.3 is 0 Å². The molecule has 0 amide bonds. The number of ether oxygens (including phenoxy) is 1. The van der Waals surface area contributed by atoms with Crippen molar-refractivity contribution in [3.05, 3.63) is 0 Å². The highest BCUT2D eigenvalue weighted by atomic mass is 16.5. The molecule has 0 aromatic rings.